The Morgan fingerprint density at radius 2 is 1.67 bits per heavy atom. The van der Waals surface area contributed by atoms with Crippen LogP contribution in [0.5, 0.6) is 0 Å². The Balaban J connectivity index is 0.000000378. The number of benzene rings is 1. The van der Waals surface area contributed by atoms with Crippen LogP contribution in [0.3, 0.4) is 0 Å². The molecule has 2 aromatic rings. The van der Waals surface area contributed by atoms with Gasteiger partial charge >= 0.3 is 18.9 Å². The van der Waals surface area contributed by atoms with E-state index in [9.17, 15) is 0 Å². The molecule has 0 unspecified atom stereocenters. The zero-order valence-electron chi connectivity index (χ0n) is 8.04. The maximum Gasteiger partial charge on any atom is 1.00 e. The molecule has 0 radical (unpaired) electrons. The second-order valence-electron chi connectivity index (χ2n) is 2.15. The van der Waals surface area contributed by atoms with Crippen LogP contribution in [0.4, 0.5) is 0 Å². The molecule has 0 saturated carbocycles. The Hall–Kier alpha value is -0.573. The van der Waals surface area contributed by atoms with Crippen molar-refractivity contribution >= 4 is 10.8 Å². The summed E-state index contributed by atoms with van der Waals surface area (Å²) in [6.45, 7) is 4.00. The van der Waals surface area contributed by atoms with Crippen molar-refractivity contribution in [1.82, 2.24) is 0 Å². The van der Waals surface area contributed by atoms with Crippen molar-refractivity contribution in [2.75, 3.05) is 0 Å². The monoisotopic (exact) mass is 152 g/mol. The summed E-state index contributed by atoms with van der Waals surface area (Å²) in [5, 5.41) is 2.66. The molecule has 0 fully saturated rings. The summed E-state index contributed by atoms with van der Waals surface area (Å²) in [7, 11) is 0. The first-order valence-electron chi connectivity index (χ1n) is 4.07. The molecule has 0 aliphatic carbocycles. The summed E-state index contributed by atoms with van der Waals surface area (Å²) in [6, 6.07) is 14.7. The minimum absolute atomic E-state index is 0. The van der Waals surface area contributed by atoms with Crippen LogP contribution in [0.25, 0.3) is 10.8 Å². The fraction of sp³-hybridized carbons (Fsp3) is 0.182. The predicted molar refractivity (Wildman–Crippen MR) is 50.9 cm³/mol. The minimum Gasteiger partial charge on any atom is -0.168 e. The molecular weight excluding hydrogens is 139 g/mol. The Bertz CT molecular complexity index is 279. The van der Waals surface area contributed by atoms with Crippen molar-refractivity contribution in [2.45, 2.75) is 13.8 Å². The summed E-state index contributed by atoms with van der Waals surface area (Å²) in [6.07, 6.45) is 0. The van der Waals surface area contributed by atoms with Gasteiger partial charge < -0.3 is 0 Å². The molecule has 1 heteroatoms. The van der Waals surface area contributed by atoms with Gasteiger partial charge in [-0.05, 0) is 0 Å². The second kappa shape index (κ2) is 6.00. The number of fused-ring (bicyclic) bond motifs is 1. The van der Waals surface area contributed by atoms with Crippen LogP contribution in [0, 0.1) is 0 Å². The Morgan fingerprint density at radius 3 is 2.33 bits per heavy atom. The molecule has 0 bridgehead atoms. The van der Waals surface area contributed by atoms with Gasteiger partial charge in [0.15, 0.2) is 0 Å². The third-order valence-corrected chi connectivity index (χ3v) is 1.55. The van der Waals surface area contributed by atoms with E-state index in [4.69, 9.17) is 0 Å². The van der Waals surface area contributed by atoms with Gasteiger partial charge in [-0.1, -0.05) is 19.9 Å². The number of rotatable bonds is 0. The van der Waals surface area contributed by atoms with Gasteiger partial charge in [0.25, 0.3) is 0 Å². The van der Waals surface area contributed by atoms with Crippen molar-refractivity contribution < 1.29 is 18.9 Å². The zero-order valence-corrected chi connectivity index (χ0v) is 8.04. The predicted octanol–water partition coefficient (Wildman–Crippen LogP) is 0.589. The summed E-state index contributed by atoms with van der Waals surface area (Å²) in [5.74, 6) is 0. The molecule has 0 amide bonds. The molecule has 2 aromatic carbocycles. The smallest absolute Gasteiger partial charge is 0.168 e. The van der Waals surface area contributed by atoms with Gasteiger partial charge in [-0.15, -0.1) is 29.7 Å². The van der Waals surface area contributed by atoms with Crippen LogP contribution in [-0.2, 0) is 0 Å². The van der Waals surface area contributed by atoms with Crippen LogP contribution in [0.2, 0.25) is 0 Å². The molecule has 0 aliphatic rings. The van der Waals surface area contributed by atoms with Gasteiger partial charge in [0.2, 0.25) is 0 Å². The second-order valence-corrected chi connectivity index (χ2v) is 2.15. The van der Waals surface area contributed by atoms with Gasteiger partial charge in [-0.2, -0.15) is 17.5 Å². The normalized spacial score (nSPS) is 8.17. The van der Waals surface area contributed by atoms with Crippen molar-refractivity contribution in [3.63, 3.8) is 0 Å². The molecule has 0 nitrogen and oxygen atoms in total. The summed E-state index contributed by atoms with van der Waals surface area (Å²) >= 11 is 0. The maximum absolute atomic E-state index is 2.12. The van der Waals surface area contributed by atoms with Crippen LogP contribution < -0.4 is 18.9 Å². The quantitative estimate of drug-likeness (QED) is 0.383. The average molecular weight is 152 g/mol. The van der Waals surface area contributed by atoms with Crippen LogP contribution in [-0.4, -0.2) is 0 Å². The Labute approximate surface area is 86.1 Å². The maximum atomic E-state index is 2.12. The van der Waals surface area contributed by atoms with E-state index < -0.39 is 0 Å². The van der Waals surface area contributed by atoms with Crippen molar-refractivity contribution in [3.05, 3.63) is 42.5 Å². The van der Waals surface area contributed by atoms with Crippen LogP contribution in [0.1, 0.15) is 13.8 Å². The molecule has 58 valence electrons. The zero-order chi connectivity index (χ0) is 8.10. The van der Waals surface area contributed by atoms with E-state index in [0.717, 1.165) is 0 Å². The molecule has 12 heavy (non-hydrogen) atoms. The SMILES string of the molecule is CC.[Li+].c1ccc2[cH-]ccc2c1. The fourth-order valence-electron chi connectivity index (χ4n) is 1.07. The molecular formula is C11H13Li. The van der Waals surface area contributed by atoms with Crippen LogP contribution in [0.15, 0.2) is 42.5 Å². The first-order valence-corrected chi connectivity index (χ1v) is 4.07. The fourth-order valence-corrected chi connectivity index (χ4v) is 1.07. The molecule has 0 atom stereocenters. The Kier molecular flexibility index (Phi) is 5.71. The van der Waals surface area contributed by atoms with Crippen molar-refractivity contribution in [3.8, 4) is 0 Å². The van der Waals surface area contributed by atoms with E-state index in [1.54, 1.807) is 0 Å². The first kappa shape index (κ1) is 11.4. The largest absolute Gasteiger partial charge is 1.00 e. The molecule has 0 aromatic heterocycles. The molecule has 0 spiro atoms. The molecule has 0 saturated heterocycles. The molecule has 0 heterocycles. The third-order valence-electron chi connectivity index (χ3n) is 1.55. The summed E-state index contributed by atoms with van der Waals surface area (Å²) < 4.78 is 0. The van der Waals surface area contributed by atoms with Gasteiger partial charge in [0.05, 0.1) is 0 Å². The van der Waals surface area contributed by atoms with E-state index in [2.05, 4.69) is 42.5 Å². The van der Waals surface area contributed by atoms with Gasteiger partial charge in [0.1, 0.15) is 0 Å². The number of hydrogen-bond acceptors (Lipinski definition) is 0. The van der Waals surface area contributed by atoms with Crippen molar-refractivity contribution in [2.24, 2.45) is 0 Å². The van der Waals surface area contributed by atoms with E-state index in [0.29, 0.717) is 0 Å². The topological polar surface area (TPSA) is 0 Å². The summed E-state index contributed by atoms with van der Waals surface area (Å²) in [5.41, 5.74) is 0. The molecule has 2 rings (SSSR count). The summed E-state index contributed by atoms with van der Waals surface area (Å²) in [4.78, 5) is 0. The van der Waals surface area contributed by atoms with E-state index in [1.807, 2.05) is 13.8 Å². The molecule has 0 N–H and O–H groups in total. The van der Waals surface area contributed by atoms with Gasteiger partial charge in [0, 0.05) is 0 Å². The Morgan fingerprint density at radius 1 is 1.00 bits per heavy atom. The minimum atomic E-state index is 0. The van der Waals surface area contributed by atoms with E-state index in [1.165, 1.54) is 10.8 Å². The van der Waals surface area contributed by atoms with Crippen molar-refractivity contribution in [1.29, 1.82) is 0 Å². The van der Waals surface area contributed by atoms with E-state index in [-0.39, 0.29) is 18.9 Å². The van der Waals surface area contributed by atoms with Gasteiger partial charge in [-0.25, -0.2) is 0 Å². The standard InChI is InChI=1S/C9H7.C2H6.Li/c1-2-5-9-7-3-6-8(9)4-1;1-2;/h1-7H;1-2H3;/q-1;;+1. The van der Waals surface area contributed by atoms with E-state index >= 15 is 0 Å². The first-order chi connectivity index (χ1) is 5.47. The third kappa shape index (κ3) is 2.48. The number of hydrogen-bond donors (Lipinski definition) is 0. The van der Waals surface area contributed by atoms with Gasteiger partial charge in [-0.3, -0.25) is 0 Å². The molecule has 0 aliphatic heterocycles. The van der Waals surface area contributed by atoms with Crippen LogP contribution >= 0.6 is 0 Å². The average Bonchev–Trinajstić information content (AvgIpc) is 2.55.